The van der Waals surface area contributed by atoms with E-state index in [9.17, 15) is 57.1 Å². The van der Waals surface area contributed by atoms with Gasteiger partial charge in [0, 0.05) is 6.42 Å². The molecule has 0 aliphatic rings. The molecule has 0 aliphatic carbocycles. The van der Waals surface area contributed by atoms with Crippen molar-refractivity contribution < 1.29 is 65.3 Å². The lowest BCUT2D eigenvalue weighted by molar-refractivity contribution is -0.440. The number of halogens is 13. The van der Waals surface area contributed by atoms with E-state index in [1.807, 2.05) is 0 Å². The van der Waals surface area contributed by atoms with Crippen molar-refractivity contribution in [1.82, 2.24) is 0 Å². The fraction of sp³-hybridized carbons (Fsp3) is 1.00. The molecule has 0 N–H and O–H groups in total. The van der Waals surface area contributed by atoms with Crippen molar-refractivity contribution >= 4 is 25.2 Å². The van der Waals surface area contributed by atoms with Gasteiger partial charge in [-0.05, 0) is 51.9 Å². The fourth-order valence-corrected chi connectivity index (χ4v) is 15.3. The Labute approximate surface area is 185 Å². The molecule has 0 saturated carbocycles. The standard InChI is InChI=1S/C15H25F13O2Si3/c1-31(2,3)29-33(7,30-32(4,5)6)9-8-10(16,17)11(18,19)12(20,21)13(22,23)14(24,25)15(26,27)28/h8-9H2,1-7H3. The maximum Gasteiger partial charge on any atom is 0.460 e. The second kappa shape index (κ2) is 8.95. The highest BCUT2D eigenvalue weighted by Gasteiger charge is 2.90. The van der Waals surface area contributed by atoms with Gasteiger partial charge >= 0.3 is 44.3 Å². The lowest BCUT2D eigenvalue weighted by Gasteiger charge is -2.41. The van der Waals surface area contributed by atoms with E-state index in [-0.39, 0.29) is 0 Å². The molecular weight excluding hydrogens is 543 g/mol. The molecule has 0 rings (SSSR count). The highest BCUT2D eigenvalue weighted by atomic mass is 28.5. The highest BCUT2D eigenvalue weighted by molar-refractivity contribution is 6.87. The molecule has 18 heteroatoms. The zero-order valence-corrected chi connectivity index (χ0v) is 21.6. The number of hydrogen-bond donors (Lipinski definition) is 0. The van der Waals surface area contributed by atoms with Crippen molar-refractivity contribution in [2.24, 2.45) is 0 Å². The molecule has 0 aromatic rings. The van der Waals surface area contributed by atoms with Crippen LogP contribution in [0.4, 0.5) is 57.1 Å². The van der Waals surface area contributed by atoms with E-state index >= 15 is 0 Å². The Bertz CT molecular complexity index is 666. The fourth-order valence-electron chi connectivity index (χ4n) is 2.76. The summed E-state index contributed by atoms with van der Waals surface area (Å²) in [6, 6.07) is -1.15. The summed E-state index contributed by atoms with van der Waals surface area (Å²) in [5, 5.41) is 0. The smallest absolute Gasteiger partial charge is 0.437 e. The minimum Gasteiger partial charge on any atom is -0.437 e. The summed E-state index contributed by atoms with van der Waals surface area (Å²) in [5.74, 6) is -36.8. The van der Waals surface area contributed by atoms with Gasteiger partial charge in [-0.15, -0.1) is 0 Å². The van der Waals surface area contributed by atoms with Crippen LogP contribution >= 0.6 is 0 Å². The summed E-state index contributed by atoms with van der Waals surface area (Å²) in [4.78, 5) is 0. The summed E-state index contributed by atoms with van der Waals surface area (Å²) in [6.45, 7) is 10.5. The van der Waals surface area contributed by atoms with Crippen LogP contribution in [0, 0.1) is 0 Å². The van der Waals surface area contributed by atoms with Gasteiger partial charge in [-0.2, -0.15) is 57.1 Å². The van der Waals surface area contributed by atoms with Crippen LogP contribution < -0.4 is 0 Å². The Morgan fingerprint density at radius 2 is 0.788 bits per heavy atom. The summed E-state index contributed by atoms with van der Waals surface area (Å²) >= 11 is 0. The van der Waals surface area contributed by atoms with Crippen LogP contribution in [0.15, 0.2) is 0 Å². The van der Waals surface area contributed by atoms with Gasteiger partial charge in [0.1, 0.15) is 0 Å². The molecule has 200 valence electrons. The van der Waals surface area contributed by atoms with Gasteiger partial charge in [-0.3, -0.25) is 0 Å². The molecular formula is C15H25F13O2Si3. The zero-order chi connectivity index (χ0) is 27.3. The molecule has 0 fully saturated rings. The molecule has 0 aliphatic heterocycles. The summed E-state index contributed by atoms with van der Waals surface area (Å²) in [5.41, 5.74) is 0. The molecule has 0 aromatic carbocycles. The van der Waals surface area contributed by atoms with Gasteiger partial charge in [-0.1, -0.05) is 0 Å². The van der Waals surface area contributed by atoms with Crippen LogP contribution in [0.5, 0.6) is 0 Å². The van der Waals surface area contributed by atoms with Crippen LogP contribution in [0.25, 0.3) is 0 Å². The van der Waals surface area contributed by atoms with E-state index in [2.05, 4.69) is 0 Å². The monoisotopic (exact) mass is 568 g/mol. The maximum atomic E-state index is 14.2. The van der Waals surface area contributed by atoms with Crippen LogP contribution in [0.3, 0.4) is 0 Å². The minimum atomic E-state index is -7.89. The third kappa shape index (κ3) is 6.87. The van der Waals surface area contributed by atoms with Crippen LogP contribution in [-0.2, 0) is 8.23 Å². The summed E-state index contributed by atoms with van der Waals surface area (Å²) < 4.78 is 184. The Hall–Kier alpha value is -0.339. The predicted octanol–water partition coefficient (Wildman–Crippen LogP) is 7.89. The maximum absolute atomic E-state index is 14.2. The second-order valence-corrected chi connectivity index (χ2v) is 22.4. The van der Waals surface area contributed by atoms with Crippen LogP contribution in [-0.4, -0.2) is 61.0 Å². The largest absolute Gasteiger partial charge is 0.460 e. The Morgan fingerprint density at radius 3 is 1.06 bits per heavy atom. The van der Waals surface area contributed by atoms with Gasteiger partial charge in [-0.25, -0.2) is 0 Å². The molecule has 0 heterocycles. The van der Waals surface area contributed by atoms with E-state index in [0.29, 0.717) is 0 Å². The molecule has 0 spiro atoms. The topological polar surface area (TPSA) is 18.5 Å². The number of hydrogen-bond acceptors (Lipinski definition) is 2. The molecule has 0 aromatic heterocycles. The average molecular weight is 569 g/mol. The van der Waals surface area contributed by atoms with E-state index in [1.54, 1.807) is 39.3 Å². The number of rotatable bonds is 11. The van der Waals surface area contributed by atoms with Crippen LogP contribution in [0.1, 0.15) is 6.42 Å². The van der Waals surface area contributed by atoms with Gasteiger partial charge in [0.05, 0.1) is 0 Å². The quantitative estimate of drug-likeness (QED) is 0.186. The normalized spacial score (nSPS) is 16.4. The zero-order valence-electron chi connectivity index (χ0n) is 18.6. The van der Waals surface area contributed by atoms with Crippen molar-refractivity contribution in [1.29, 1.82) is 0 Å². The molecule has 0 amide bonds. The highest BCUT2D eigenvalue weighted by Crippen LogP contribution is 2.61. The average Bonchev–Trinajstić information content (AvgIpc) is 2.47. The van der Waals surface area contributed by atoms with Crippen molar-refractivity contribution in [3.63, 3.8) is 0 Å². The van der Waals surface area contributed by atoms with Gasteiger partial charge in [0.25, 0.3) is 0 Å². The van der Waals surface area contributed by atoms with Gasteiger partial charge < -0.3 is 8.23 Å². The first-order chi connectivity index (χ1) is 13.9. The molecule has 2 nitrogen and oxygen atoms in total. The van der Waals surface area contributed by atoms with Crippen molar-refractivity contribution in [2.75, 3.05) is 0 Å². The third-order valence-corrected chi connectivity index (χ3v) is 13.4. The number of alkyl halides is 13. The van der Waals surface area contributed by atoms with E-state index in [4.69, 9.17) is 8.23 Å². The van der Waals surface area contributed by atoms with Gasteiger partial charge in [0.2, 0.25) is 0 Å². The third-order valence-electron chi connectivity index (χ3n) is 3.94. The van der Waals surface area contributed by atoms with E-state index in [1.165, 1.54) is 0 Å². The lowest BCUT2D eigenvalue weighted by atomic mass is 9.93. The van der Waals surface area contributed by atoms with Crippen molar-refractivity contribution in [3.8, 4) is 0 Å². The molecule has 0 radical (unpaired) electrons. The SMILES string of the molecule is C[Si](C)(C)O[Si](C)(CCC(F)(F)C(F)(F)C(F)(F)C(F)(F)C(F)(F)C(F)(F)F)O[Si](C)(C)C. The molecule has 0 bridgehead atoms. The van der Waals surface area contributed by atoms with Crippen LogP contribution in [0.2, 0.25) is 51.9 Å². The van der Waals surface area contributed by atoms with E-state index < -0.39 is 73.4 Å². The minimum absolute atomic E-state index is 1.15. The van der Waals surface area contributed by atoms with E-state index in [0.717, 1.165) is 6.55 Å². The first-order valence-corrected chi connectivity index (χ1v) is 18.6. The van der Waals surface area contributed by atoms with Crippen molar-refractivity contribution in [3.05, 3.63) is 0 Å². The Morgan fingerprint density at radius 1 is 0.485 bits per heavy atom. The predicted molar refractivity (Wildman–Crippen MR) is 101 cm³/mol. The first kappa shape index (κ1) is 32.7. The Kier molecular flexibility index (Phi) is 8.86. The summed E-state index contributed by atoms with van der Waals surface area (Å²) in [6.07, 6.45) is -9.71. The lowest BCUT2D eigenvalue weighted by Crippen LogP contribution is -2.70. The van der Waals surface area contributed by atoms with Crippen molar-refractivity contribution in [2.45, 2.75) is 94.1 Å². The molecule has 33 heavy (non-hydrogen) atoms. The molecule has 0 saturated heterocycles. The molecule has 0 atom stereocenters. The Balaban J connectivity index is 6.21. The van der Waals surface area contributed by atoms with Gasteiger partial charge in [0.15, 0.2) is 16.6 Å². The second-order valence-electron chi connectivity index (χ2n) is 9.56. The first-order valence-electron chi connectivity index (χ1n) is 9.23. The molecule has 0 unspecified atom stereocenters. The summed E-state index contributed by atoms with van der Waals surface area (Å²) in [7, 11) is -9.06.